The third kappa shape index (κ3) is 66.5. The minimum atomic E-state index is -4.61. The molecule has 0 radical (unpaired) electrons. The Morgan fingerprint density at radius 1 is 0.328 bits per heavy atom. The Hall–Kier alpha value is 0.480. The van der Waals surface area contributed by atoms with Crippen molar-refractivity contribution in [1.82, 2.24) is 0 Å². The van der Waals surface area contributed by atoms with Crippen LogP contribution in [0.15, 0.2) is 24.3 Å². The molecule has 0 aliphatic heterocycles. The van der Waals surface area contributed by atoms with E-state index in [0.717, 1.165) is 38.5 Å². The number of unbranched alkanes of at least 4 members (excludes halogenated alkanes) is 38. The van der Waals surface area contributed by atoms with E-state index in [1.807, 2.05) is 0 Å². The minimum Gasteiger partial charge on any atom is -0.726 e. The summed E-state index contributed by atoms with van der Waals surface area (Å²) in [6.07, 6.45) is 64.5. The molecule has 2 atom stereocenters. The van der Waals surface area contributed by atoms with Gasteiger partial charge in [-0.25, -0.2) is 16.8 Å². The van der Waals surface area contributed by atoms with Gasteiger partial charge in [-0.1, -0.05) is 296 Å². The van der Waals surface area contributed by atoms with Gasteiger partial charge in [0.15, 0.2) is 0 Å². The predicted molar refractivity (Wildman–Crippen MR) is 288 cm³/mol. The van der Waals surface area contributed by atoms with Crippen LogP contribution in [-0.2, 0) is 29.2 Å². The Kier molecular flexibility index (Phi) is 61.4. The maximum atomic E-state index is 10.8. The topological polar surface area (TPSA) is 133 Å². The van der Waals surface area contributed by atoms with Crippen molar-refractivity contribution in [1.29, 1.82) is 0 Å². The van der Waals surface area contributed by atoms with Gasteiger partial charge in [0, 0.05) is 11.8 Å². The fourth-order valence-corrected chi connectivity index (χ4v) is 9.36. The second kappa shape index (κ2) is 57.4. The van der Waals surface area contributed by atoms with Crippen LogP contribution in [0.5, 0.6) is 0 Å². The molecule has 0 saturated heterocycles. The van der Waals surface area contributed by atoms with Gasteiger partial charge in [-0.05, 0) is 38.5 Å². The number of hydrogen-bond acceptors (Lipinski definition) is 8. The van der Waals surface area contributed by atoms with E-state index in [9.17, 15) is 25.9 Å². The molecule has 0 bridgehead atoms. The van der Waals surface area contributed by atoms with Gasteiger partial charge in [-0.2, -0.15) is 0 Å². The van der Waals surface area contributed by atoms with E-state index in [-0.39, 0.29) is 62.8 Å². The first-order valence-electron chi connectivity index (χ1n) is 28.5. The third-order valence-corrected chi connectivity index (χ3v) is 13.8. The normalized spacial score (nSPS) is 13.0. The zero-order valence-electron chi connectivity index (χ0n) is 44.8. The van der Waals surface area contributed by atoms with Gasteiger partial charge in [0.1, 0.15) is 0 Å². The summed E-state index contributed by atoms with van der Waals surface area (Å²) in [6, 6.07) is 0. The van der Waals surface area contributed by atoms with Crippen LogP contribution < -0.4 is 0 Å². The minimum absolute atomic E-state index is 0. The summed E-state index contributed by atoms with van der Waals surface area (Å²) in [5.74, 6) is 0.0389. The van der Waals surface area contributed by atoms with Gasteiger partial charge < -0.3 is 9.11 Å². The van der Waals surface area contributed by atoms with Crippen LogP contribution in [0.25, 0.3) is 0 Å². The number of allylic oxidation sites excluding steroid dienone is 2. The molecule has 0 aromatic rings. The van der Waals surface area contributed by atoms with Gasteiger partial charge in [0.25, 0.3) is 0 Å². The molecule has 0 aromatic heterocycles. The van der Waals surface area contributed by atoms with Gasteiger partial charge in [-0.15, -0.1) is 0 Å². The Morgan fingerprint density at radius 2 is 0.522 bits per heavy atom. The summed E-state index contributed by atoms with van der Waals surface area (Å²) in [5, 5.41) is 0. The molecule has 11 heteroatoms. The number of rotatable bonds is 52. The molecule has 0 saturated carbocycles. The van der Waals surface area contributed by atoms with Gasteiger partial charge in [0.05, 0.1) is 13.2 Å². The molecule has 0 amide bonds. The maximum absolute atomic E-state index is 10.8. The van der Waals surface area contributed by atoms with Crippen molar-refractivity contribution in [2.45, 2.75) is 310 Å². The molecule has 8 nitrogen and oxygen atoms in total. The molecular weight excluding hydrogens is 905 g/mol. The Bertz CT molecular complexity index is 1130. The van der Waals surface area contributed by atoms with Crippen LogP contribution in [-0.4, -0.2) is 76.9 Å². The summed E-state index contributed by atoms with van der Waals surface area (Å²) in [5.41, 5.74) is 0. The van der Waals surface area contributed by atoms with Crippen LogP contribution in [0, 0.1) is 11.8 Å². The molecule has 0 rings (SSSR count). The molecule has 0 heterocycles. The molecule has 67 heavy (non-hydrogen) atoms. The van der Waals surface area contributed by atoms with E-state index in [1.54, 1.807) is 0 Å². The molecule has 0 fully saturated rings. The zero-order chi connectivity index (χ0) is 48.9. The molecule has 396 valence electrons. The molecule has 2 unspecified atom stereocenters. The summed E-state index contributed by atoms with van der Waals surface area (Å²) >= 11 is 0. The maximum Gasteiger partial charge on any atom is 2.00 e. The van der Waals surface area contributed by atoms with Crippen molar-refractivity contribution >= 4 is 58.5 Å². The summed E-state index contributed by atoms with van der Waals surface area (Å²) in [4.78, 5) is 0. The van der Waals surface area contributed by atoms with Crippen LogP contribution >= 0.6 is 0 Å². The van der Waals surface area contributed by atoms with Crippen LogP contribution in [0.4, 0.5) is 0 Å². The Balaban J connectivity index is -0.00000120. The molecule has 0 N–H and O–H groups in total. The predicted octanol–water partition coefficient (Wildman–Crippen LogP) is 18.1. The fraction of sp³-hybridized carbons (Fsp3) is 0.929. The summed E-state index contributed by atoms with van der Waals surface area (Å²) in [6.45, 7) is 8.97. The van der Waals surface area contributed by atoms with Crippen molar-refractivity contribution < 1.29 is 34.3 Å². The largest absolute Gasteiger partial charge is 2.00 e. The zero-order valence-corrected chi connectivity index (χ0v) is 48.6. The fourth-order valence-electron chi connectivity index (χ4n) is 8.68. The standard InChI is InChI=1S/2C28H56O4S.Ca/c2*1-3-5-7-9-11-13-14-15-16-18-20-22-24-26-28(27-32-33(29,30)31)25-23-21-19-17-12-10-8-6-4-2;/h2*24,26,28H,3-23,25,27H2,1-2H3,(H,29,30,31);/q;;+2/p-2/b2*26-24+;. The van der Waals surface area contributed by atoms with E-state index in [1.165, 1.54) is 244 Å². The molecule has 0 aliphatic rings. The summed E-state index contributed by atoms with van der Waals surface area (Å²) < 4.78 is 74.2. The Labute approximate surface area is 448 Å². The van der Waals surface area contributed by atoms with E-state index >= 15 is 0 Å². The molecular formula is C56H110CaO8S2. The van der Waals surface area contributed by atoms with Crippen LogP contribution in [0.3, 0.4) is 0 Å². The molecule has 0 spiro atoms. The van der Waals surface area contributed by atoms with Gasteiger partial charge >= 0.3 is 37.7 Å². The molecule has 0 aromatic carbocycles. The quantitative estimate of drug-likeness (QED) is 0.0193. The average molecular weight is 1020 g/mol. The van der Waals surface area contributed by atoms with E-state index in [2.05, 4.69) is 60.4 Å². The monoisotopic (exact) mass is 1010 g/mol. The second-order valence-corrected chi connectivity index (χ2v) is 21.7. The first-order valence-corrected chi connectivity index (χ1v) is 31.2. The smallest absolute Gasteiger partial charge is 0.726 e. The first-order chi connectivity index (χ1) is 32.0. The van der Waals surface area contributed by atoms with Gasteiger partial charge in [0.2, 0.25) is 20.8 Å². The van der Waals surface area contributed by atoms with Crippen molar-refractivity contribution in [3.8, 4) is 0 Å². The second-order valence-electron chi connectivity index (χ2n) is 19.6. The summed E-state index contributed by atoms with van der Waals surface area (Å²) in [7, 11) is -9.22. The average Bonchev–Trinajstić information content (AvgIpc) is 3.28. The molecule has 0 aliphatic carbocycles. The van der Waals surface area contributed by atoms with Crippen molar-refractivity contribution in [3.63, 3.8) is 0 Å². The number of hydrogen-bond donors (Lipinski definition) is 0. The van der Waals surface area contributed by atoms with Crippen LogP contribution in [0.2, 0.25) is 0 Å². The SMILES string of the molecule is CCCCCCCCCCCCC/C=C/C(CCCCCCCCCCC)COS(=O)(=O)[O-].CCCCCCCCCCCCC/C=C/C(CCCCCCCCCCC)COS(=O)(=O)[O-].[Ca+2]. The van der Waals surface area contributed by atoms with Gasteiger partial charge in [-0.3, -0.25) is 8.37 Å². The van der Waals surface area contributed by atoms with E-state index in [4.69, 9.17) is 0 Å². The van der Waals surface area contributed by atoms with Crippen molar-refractivity contribution in [2.24, 2.45) is 11.8 Å². The first kappa shape index (κ1) is 71.7. The van der Waals surface area contributed by atoms with Crippen LogP contribution in [0.1, 0.15) is 310 Å². The van der Waals surface area contributed by atoms with E-state index in [0.29, 0.717) is 0 Å². The van der Waals surface area contributed by atoms with Crippen molar-refractivity contribution in [2.75, 3.05) is 13.2 Å². The van der Waals surface area contributed by atoms with E-state index < -0.39 is 20.8 Å². The van der Waals surface area contributed by atoms with Crippen molar-refractivity contribution in [3.05, 3.63) is 24.3 Å². The third-order valence-electron chi connectivity index (χ3n) is 13.0. The Morgan fingerprint density at radius 3 is 0.731 bits per heavy atom.